The van der Waals surface area contributed by atoms with E-state index in [-0.39, 0.29) is 0 Å². The van der Waals surface area contributed by atoms with Crippen LogP contribution >= 0.6 is 0 Å². The average molecular weight is 186 g/mol. The first-order valence-electron chi connectivity index (χ1n) is 5.29. The Morgan fingerprint density at radius 3 is 2.85 bits per heavy atom. The van der Waals surface area contributed by atoms with Gasteiger partial charge < -0.3 is 10.5 Å². The van der Waals surface area contributed by atoms with Crippen molar-refractivity contribution in [2.75, 3.05) is 26.7 Å². The number of likely N-dealkylation sites (N-methyl/N-ethyl adjacent to an activating group) is 1. The van der Waals surface area contributed by atoms with Gasteiger partial charge in [-0.05, 0) is 26.3 Å². The van der Waals surface area contributed by atoms with Crippen molar-refractivity contribution >= 4 is 0 Å². The zero-order valence-electron chi connectivity index (χ0n) is 8.83. The van der Waals surface area contributed by atoms with Gasteiger partial charge >= 0.3 is 0 Å². The fraction of sp³-hybridized carbons (Fsp3) is 1.00. The van der Waals surface area contributed by atoms with Crippen molar-refractivity contribution in [3.05, 3.63) is 0 Å². The molecule has 0 saturated carbocycles. The molecule has 1 rings (SSSR count). The molecule has 1 aliphatic heterocycles. The quantitative estimate of drug-likeness (QED) is 0.691. The average Bonchev–Trinajstić information content (AvgIpc) is 2.59. The van der Waals surface area contributed by atoms with Crippen LogP contribution in [0.25, 0.3) is 0 Å². The summed E-state index contributed by atoms with van der Waals surface area (Å²) in [6, 6.07) is 0.518. The van der Waals surface area contributed by atoms with Gasteiger partial charge in [0, 0.05) is 25.7 Å². The van der Waals surface area contributed by atoms with E-state index >= 15 is 0 Å². The Morgan fingerprint density at radius 1 is 1.62 bits per heavy atom. The second-order valence-electron chi connectivity index (χ2n) is 3.87. The van der Waals surface area contributed by atoms with Crippen molar-refractivity contribution < 1.29 is 4.74 Å². The topological polar surface area (TPSA) is 38.5 Å². The lowest BCUT2D eigenvalue weighted by Crippen LogP contribution is -2.41. The van der Waals surface area contributed by atoms with E-state index < -0.39 is 0 Å². The molecule has 0 spiro atoms. The molecule has 0 aromatic rings. The van der Waals surface area contributed by atoms with Crippen LogP contribution in [0.3, 0.4) is 0 Å². The molecule has 13 heavy (non-hydrogen) atoms. The molecule has 2 N–H and O–H groups in total. The van der Waals surface area contributed by atoms with E-state index in [0.29, 0.717) is 12.1 Å². The highest BCUT2D eigenvalue weighted by molar-refractivity contribution is 4.74. The molecule has 2 unspecified atom stereocenters. The van der Waals surface area contributed by atoms with Crippen LogP contribution in [0.2, 0.25) is 0 Å². The highest BCUT2D eigenvalue weighted by atomic mass is 16.5. The third kappa shape index (κ3) is 3.25. The zero-order chi connectivity index (χ0) is 9.68. The molecule has 2 atom stereocenters. The summed E-state index contributed by atoms with van der Waals surface area (Å²) >= 11 is 0. The van der Waals surface area contributed by atoms with E-state index in [1.54, 1.807) is 0 Å². The van der Waals surface area contributed by atoms with Gasteiger partial charge in [0.2, 0.25) is 0 Å². The van der Waals surface area contributed by atoms with Gasteiger partial charge in [0.25, 0.3) is 0 Å². The number of nitrogens with zero attached hydrogens (tertiary/aromatic N) is 1. The molecular weight excluding hydrogens is 164 g/mol. The van der Waals surface area contributed by atoms with Gasteiger partial charge in [0.05, 0.1) is 6.10 Å². The lowest BCUT2D eigenvalue weighted by molar-refractivity contribution is 0.0684. The van der Waals surface area contributed by atoms with Crippen LogP contribution in [0.15, 0.2) is 0 Å². The Balaban J connectivity index is 2.25. The highest BCUT2D eigenvalue weighted by Gasteiger charge is 2.20. The maximum Gasteiger partial charge on any atom is 0.0702 e. The maximum atomic E-state index is 5.68. The minimum atomic E-state index is 0.450. The van der Waals surface area contributed by atoms with Crippen LogP contribution in [-0.4, -0.2) is 43.8 Å². The number of hydrogen-bond acceptors (Lipinski definition) is 3. The standard InChI is InChI=1S/C10H22N2O/c1-3-9(7-11)12(2)8-10-5-4-6-13-10/h9-10H,3-8,11H2,1-2H3. The van der Waals surface area contributed by atoms with Crippen LogP contribution in [0.4, 0.5) is 0 Å². The Labute approximate surface area is 81.2 Å². The van der Waals surface area contributed by atoms with Crippen molar-refractivity contribution in [3.63, 3.8) is 0 Å². The number of ether oxygens (including phenoxy) is 1. The lowest BCUT2D eigenvalue weighted by Gasteiger charge is -2.27. The van der Waals surface area contributed by atoms with Crippen LogP contribution < -0.4 is 5.73 Å². The van der Waals surface area contributed by atoms with Crippen LogP contribution in [0.5, 0.6) is 0 Å². The molecule has 0 radical (unpaired) electrons. The Hall–Kier alpha value is -0.120. The maximum absolute atomic E-state index is 5.68. The van der Waals surface area contributed by atoms with E-state index in [9.17, 15) is 0 Å². The van der Waals surface area contributed by atoms with Gasteiger partial charge in [0.1, 0.15) is 0 Å². The summed E-state index contributed by atoms with van der Waals surface area (Å²) < 4.78 is 5.58. The van der Waals surface area contributed by atoms with Gasteiger partial charge in [-0.25, -0.2) is 0 Å². The van der Waals surface area contributed by atoms with Crippen LogP contribution in [0.1, 0.15) is 26.2 Å². The molecule has 1 saturated heterocycles. The third-order valence-electron chi connectivity index (χ3n) is 2.88. The van der Waals surface area contributed by atoms with E-state index in [4.69, 9.17) is 10.5 Å². The summed E-state index contributed by atoms with van der Waals surface area (Å²) in [5.74, 6) is 0. The second-order valence-corrected chi connectivity index (χ2v) is 3.87. The minimum Gasteiger partial charge on any atom is -0.377 e. The van der Waals surface area contributed by atoms with Crippen molar-refractivity contribution in [1.82, 2.24) is 4.90 Å². The molecule has 3 nitrogen and oxygen atoms in total. The molecule has 1 fully saturated rings. The van der Waals surface area contributed by atoms with Gasteiger partial charge in [-0.2, -0.15) is 0 Å². The van der Waals surface area contributed by atoms with E-state index in [1.807, 2.05) is 0 Å². The van der Waals surface area contributed by atoms with Gasteiger partial charge in [-0.15, -0.1) is 0 Å². The smallest absolute Gasteiger partial charge is 0.0702 e. The van der Waals surface area contributed by atoms with Crippen molar-refractivity contribution in [1.29, 1.82) is 0 Å². The van der Waals surface area contributed by atoms with Crippen LogP contribution in [-0.2, 0) is 4.74 Å². The molecular formula is C10H22N2O. The molecule has 0 aromatic heterocycles. The number of nitrogens with two attached hydrogens (primary N) is 1. The van der Waals surface area contributed by atoms with Crippen LogP contribution in [0, 0.1) is 0 Å². The summed E-state index contributed by atoms with van der Waals surface area (Å²) in [5.41, 5.74) is 5.68. The van der Waals surface area contributed by atoms with Gasteiger partial charge in [-0.1, -0.05) is 6.92 Å². The second kappa shape index (κ2) is 5.58. The van der Waals surface area contributed by atoms with Gasteiger partial charge in [-0.3, -0.25) is 4.90 Å². The first kappa shape index (κ1) is 11.0. The summed E-state index contributed by atoms with van der Waals surface area (Å²) in [4.78, 5) is 2.33. The molecule has 0 aliphatic carbocycles. The zero-order valence-corrected chi connectivity index (χ0v) is 8.83. The summed E-state index contributed by atoms with van der Waals surface area (Å²) in [5, 5.41) is 0. The largest absolute Gasteiger partial charge is 0.377 e. The number of hydrogen-bond donors (Lipinski definition) is 1. The Kier molecular flexibility index (Phi) is 4.70. The number of rotatable bonds is 5. The summed E-state index contributed by atoms with van der Waals surface area (Å²) in [7, 11) is 2.14. The minimum absolute atomic E-state index is 0.450. The van der Waals surface area contributed by atoms with E-state index in [2.05, 4.69) is 18.9 Å². The van der Waals surface area contributed by atoms with Gasteiger partial charge in [0.15, 0.2) is 0 Å². The molecule has 0 amide bonds. The van der Waals surface area contributed by atoms with Crippen molar-refractivity contribution in [3.8, 4) is 0 Å². The molecule has 0 bridgehead atoms. The third-order valence-corrected chi connectivity index (χ3v) is 2.88. The summed E-state index contributed by atoms with van der Waals surface area (Å²) in [6.07, 6.45) is 4.01. The van der Waals surface area contributed by atoms with E-state index in [1.165, 1.54) is 12.8 Å². The van der Waals surface area contributed by atoms with Crippen molar-refractivity contribution in [2.24, 2.45) is 5.73 Å². The lowest BCUT2D eigenvalue weighted by atomic mass is 10.1. The normalized spacial score (nSPS) is 25.4. The predicted octanol–water partition coefficient (Wildman–Crippen LogP) is 0.834. The first-order chi connectivity index (χ1) is 6.27. The van der Waals surface area contributed by atoms with Crippen molar-refractivity contribution in [2.45, 2.75) is 38.3 Å². The molecule has 78 valence electrons. The molecule has 0 aromatic carbocycles. The molecule has 1 aliphatic rings. The first-order valence-corrected chi connectivity index (χ1v) is 5.29. The fourth-order valence-electron chi connectivity index (χ4n) is 1.92. The Morgan fingerprint density at radius 2 is 2.38 bits per heavy atom. The Bertz CT molecular complexity index is 131. The predicted molar refractivity (Wildman–Crippen MR) is 54.7 cm³/mol. The highest BCUT2D eigenvalue weighted by Crippen LogP contribution is 2.14. The fourth-order valence-corrected chi connectivity index (χ4v) is 1.92. The SMILES string of the molecule is CCC(CN)N(C)CC1CCCO1. The molecule has 3 heteroatoms. The van der Waals surface area contributed by atoms with E-state index in [0.717, 1.165) is 26.1 Å². The molecule has 1 heterocycles. The monoisotopic (exact) mass is 186 g/mol. The summed E-state index contributed by atoms with van der Waals surface area (Å²) in [6.45, 7) is 4.91.